The first kappa shape index (κ1) is 46.8. The van der Waals surface area contributed by atoms with Gasteiger partial charge in [0, 0.05) is 91.4 Å². The fraction of sp³-hybridized carbons (Fsp3) is 0. The van der Waals surface area contributed by atoms with E-state index in [4.69, 9.17) is 0 Å². The molecule has 0 saturated carbocycles. The first-order valence-corrected chi connectivity index (χ1v) is 0. The first-order valence-electron chi connectivity index (χ1n) is 0. The molecule has 5 heavy (non-hydrogen) atoms. The van der Waals surface area contributed by atoms with E-state index in [-0.39, 0.29) is 91.4 Å². The van der Waals surface area contributed by atoms with E-state index in [1.54, 1.807) is 0 Å². The molecule has 0 atom stereocenters. The van der Waals surface area contributed by atoms with Crippen molar-refractivity contribution in [1.29, 1.82) is 0 Å². The van der Waals surface area contributed by atoms with Gasteiger partial charge in [0.25, 0.3) is 0 Å². The Morgan fingerprint density at radius 2 is 1.00 bits per heavy atom. The number of hydrogen-bond acceptors (Lipinski definition) is 0. The summed E-state index contributed by atoms with van der Waals surface area (Å²) in [5, 5.41) is 0. The molecule has 0 N–H and O–H groups in total. The molecule has 0 aromatic rings. The fourth-order valence-electron chi connectivity index (χ4n) is 0. The summed E-state index contributed by atoms with van der Waals surface area (Å²) in [6, 6.07) is 0. The zero-order valence-electron chi connectivity index (χ0n) is 3.36. The molecular formula is LiMgNSnZn. The maximum absolute atomic E-state index is 0. The Morgan fingerprint density at radius 3 is 1.00 bits per heavy atom. The van der Waals surface area contributed by atoms with E-state index in [2.05, 4.69) is 0 Å². The van der Waals surface area contributed by atoms with Gasteiger partial charge in [0.2, 0.25) is 0 Å². The SMILES string of the molecule is [Li].[Mg].[N].[Sn].[Zn]. The standard InChI is InChI=1S/Li.Mg.N.Sn.Zn. The summed E-state index contributed by atoms with van der Waals surface area (Å²) in [6.45, 7) is 0. The van der Waals surface area contributed by atoms with Crippen molar-refractivity contribution in [3.05, 3.63) is 0 Å². The van der Waals surface area contributed by atoms with E-state index in [0.717, 1.165) is 0 Å². The van der Waals surface area contributed by atoms with Gasteiger partial charge in [-0.3, -0.25) is 0 Å². The Morgan fingerprint density at radius 1 is 1.00 bits per heavy atom. The van der Waals surface area contributed by atoms with E-state index in [0.29, 0.717) is 0 Å². The van der Waals surface area contributed by atoms with Gasteiger partial charge >= 0.3 is 0 Å². The third kappa shape index (κ3) is 20.2. The van der Waals surface area contributed by atoms with E-state index >= 15 is 0 Å². The van der Waals surface area contributed by atoms with Crippen LogP contribution in [0, 0.1) is 0 Å². The zero-order chi connectivity index (χ0) is 0. The summed E-state index contributed by atoms with van der Waals surface area (Å²) in [7, 11) is 0. The third-order valence-electron chi connectivity index (χ3n) is 0. The summed E-state index contributed by atoms with van der Waals surface area (Å²) in [4.78, 5) is 0. The van der Waals surface area contributed by atoms with Gasteiger partial charge in [0.1, 0.15) is 0 Å². The van der Waals surface area contributed by atoms with Crippen LogP contribution >= 0.6 is 0 Å². The van der Waals surface area contributed by atoms with Crippen LogP contribution in [0.25, 0.3) is 0 Å². The summed E-state index contributed by atoms with van der Waals surface area (Å²) in [5.74, 6) is 0. The summed E-state index contributed by atoms with van der Waals surface area (Å²) < 4.78 is 0. The average Bonchev–Trinajstić information content (AvgIpc) is 0. The van der Waals surface area contributed by atoms with Crippen molar-refractivity contribution in [1.82, 2.24) is 6.15 Å². The second kappa shape index (κ2) is 29.5. The molecule has 0 heterocycles. The Balaban J connectivity index is 0. The van der Waals surface area contributed by atoms with Gasteiger partial charge in [-0.1, -0.05) is 0 Å². The van der Waals surface area contributed by atoms with Crippen molar-refractivity contribution in [2.24, 2.45) is 0 Å². The maximum Gasteiger partial charge on any atom is 0 e. The van der Waals surface area contributed by atoms with Gasteiger partial charge in [-0.2, -0.15) is 0 Å². The van der Waals surface area contributed by atoms with Gasteiger partial charge in [0.15, 0.2) is 0 Å². The zero-order valence-corrected chi connectivity index (χ0v) is 10.6. The Labute approximate surface area is 90.0 Å². The van der Waals surface area contributed by atoms with Crippen molar-refractivity contribution in [3.63, 3.8) is 0 Å². The van der Waals surface area contributed by atoms with Gasteiger partial charge in [0.05, 0.1) is 0 Å². The Kier molecular flexibility index (Phi) is 276. The molecule has 0 aromatic carbocycles. The van der Waals surface area contributed by atoms with E-state index < -0.39 is 0 Å². The fourth-order valence-corrected chi connectivity index (χ4v) is 0. The average molecular weight is 229 g/mol. The Bertz CT molecular complexity index is 11.6. The molecule has 0 unspecified atom stereocenters. The molecular weight excluding hydrogens is 229 g/mol. The topological polar surface area (TPSA) is 30.5 Å². The minimum absolute atomic E-state index is 0. The predicted octanol–water partition coefficient (Wildman–Crippen LogP) is -1.63. The number of hydrogen-bond donors (Lipinski definition) is 0. The number of nitrogens with zero attached hydrogens (tertiary/aromatic N) is 1. The van der Waals surface area contributed by atoms with Crippen molar-refractivity contribution in [2.45, 2.75) is 0 Å². The molecule has 0 aliphatic carbocycles. The molecule has 10 radical (unpaired) electrons. The van der Waals surface area contributed by atoms with Crippen LogP contribution in [0.15, 0.2) is 0 Å². The second-order valence-electron chi connectivity index (χ2n) is 0. The van der Waals surface area contributed by atoms with Crippen LogP contribution in [0.1, 0.15) is 0 Å². The molecule has 14 valence electrons. The minimum atomic E-state index is 0. The van der Waals surface area contributed by atoms with Gasteiger partial charge < -0.3 is 0 Å². The van der Waals surface area contributed by atoms with Gasteiger partial charge in [-0.25, -0.2) is 0 Å². The summed E-state index contributed by atoms with van der Waals surface area (Å²) in [5.41, 5.74) is 0. The van der Waals surface area contributed by atoms with Crippen molar-refractivity contribution >= 4 is 65.8 Å². The first-order chi connectivity index (χ1) is 0. The molecule has 0 bridgehead atoms. The maximum atomic E-state index is 0. The summed E-state index contributed by atoms with van der Waals surface area (Å²) >= 11 is 0. The molecule has 0 amide bonds. The van der Waals surface area contributed by atoms with E-state index in [1.165, 1.54) is 0 Å². The Hall–Kier alpha value is 2.75. The van der Waals surface area contributed by atoms with Crippen molar-refractivity contribution < 1.29 is 19.5 Å². The van der Waals surface area contributed by atoms with Crippen LogP contribution in [-0.2, 0) is 19.5 Å². The van der Waals surface area contributed by atoms with Gasteiger partial charge in [-0.15, -0.1) is 0 Å². The summed E-state index contributed by atoms with van der Waals surface area (Å²) in [6.07, 6.45) is 0. The van der Waals surface area contributed by atoms with Crippen LogP contribution in [0.5, 0.6) is 0 Å². The second-order valence-corrected chi connectivity index (χ2v) is 0. The molecule has 0 spiro atoms. The molecule has 0 aliphatic rings. The molecule has 0 aromatic heterocycles. The van der Waals surface area contributed by atoms with E-state index in [1.807, 2.05) is 0 Å². The molecule has 1 nitrogen and oxygen atoms in total. The number of rotatable bonds is 0. The normalized spacial score (nSPS) is 0. The molecule has 0 saturated heterocycles. The quantitative estimate of drug-likeness (QED) is 0.447. The molecule has 0 rings (SSSR count). The van der Waals surface area contributed by atoms with Crippen molar-refractivity contribution in [2.75, 3.05) is 0 Å². The molecule has 0 aliphatic heterocycles. The molecule has 0 fully saturated rings. The predicted molar refractivity (Wildman–Crippen MR) is 19.4 cm³/mol. The van der Waals surface area contributed by atoms with Crippen LogP contribution in [-0.4, -0.2) is 65.8 Å². The van der Waals surface area contributed by atoms with E-state index in [9.17, 15) is 0 Å². The van der Waals surface area contributed by atoms with Crippen LogP contribution in [0.3, 0.4) is 0 Å². The largest absolute Gasteiger partial charge is 0 e. The van der Waals surface area contributed by atoms with Crippen LogP contribution in [0.4, 0.5) is 0 Å². The van der Waals surface area contributed by atoms with Crippen LogP contribution in [0.2, 0.25) is 0 Å². The van der Waals surface area contributed by atoms with Crippen molar-refractivity contribution in [3.8, 4) is 0 Å². The molecule has 5 heteroatoms. The third-order valence-corrected chi connectivity index (χ3v) is 0. The van der Waals surface area contributed by atoms with Crippen LogP contribution < -0.4 is 6.15 Å². The minimum Gasteiger partial charge on any atom is 0 e. The smallest absolute Gasteiger partial charge is 0 e. The van der Waals surface area contributed by atoms with Gasteiger partial charge in [-0.05, 0) is 0 Å². The monoisotopic (exact) mass is 229 g/mol.